The average Bonchev–Trinajstić information content (AvgIpc) is 2.95. The highest BCUT2D eigenvalue weighted by atomic mass is 19.1. The van der Waals surface area contributed by atoms with E-state index in [-0.39, 0.29) is 11.4 Å². The summed E-state index contributed by atoms with van der Waals surface area (Å²) in [7, 11) is 0. The molecule has 1 aromatic rings. The second-order valence-corrected chi connectivity index (χ2v) is 6.01. The first-order chi connectivity index (χ1) is 11.0. The molecule has 1 saturated heterocycles. The monoisotopic (exact) mass is 325 g/mol. The zero-order valence-corrected chi connectivity index (χ0v) is 13.8. The molecule has 0 amide bonds. The van der Waals surface area contributed by atoms with Crippen LogP contribution in [-0.2, 0) is 11.2 Å². The van der Waals surface area contributed by atoms with Gasteiger partial charge in [-0.05, 0) is 56.9 Å². The van der Waals surface area contributed by atoms with Gasteiger partial charge in [-0.1, -0.05) is 0 Å². The fourth-order valence-electron chi connectivity index (χ4n) is 2.60. The number of benzene rings is 1. The van der Waals surface area contributed by atoms with Crippen LogP contribution in [0.15, 0.2) is 23.2 Å². The molecule has 1 atom stereocenters. The Hall–Kier alpha value is -1.69. The van der Waals surface area contributed by atoms with Crippen LogP contribution < -0.4 is 10.6 Å². The first kappa shape index (κ1) is 17.7. The van der Waals surface area contributed by atoms with E-state index in [0.717, 1.165) is 38.1 Å². The Morgan fingerprint density at radius 3 is 2.87 bits per heavy atom. The fourth-order valence-corrected chi connectivity index (χ4v) is 2.60. The van der Waals surface area contributed by atoms with Crippen LogP contribution in [-0.4, -0.2) is 37.8 Å². The predicted molar refractivity (Wildman–Crippen MR) is 87.6 cm³/mol. The quantitative estimate of drug-likeness (QED) is 0.624. The highest BCUT2D eigenvalue weighted by Crippen LogP contribution is 2.24. The summed E-state index contributed by atoms with van der Waals surface area (Å²) >= 11 is 0. The van der Waals surface area contributed by atoms with Gasteiger partial charge in [-0.2, -0.15) is 0 Å². The Morgan fingerprint density at radius 1 is 1.35 bits per heavy atom. The third kappa shape index (κ3) is 5.46. The second kappa shape index (κ2) is 8.24. The molecule has 0 aliphatic carbocycles. The van der Waals surface area contributed by atoms with Crippen LogP contribution in [0.3, 0.4) is 0 Å². The molecule has 23 heavy (non-hydrogen) atoms. The highest BCUT2D eigenvalue weighted by Gasteiger charge is 2.29. The van der Waals surface area contributed by atoms with E-state index in [1.807, 2.05) is 6.92 Å². The third-order valence-corrected chi connectivity index (χ3v) is 3.91. The Balaban J connectivity index is 1.87. The minimum absolute atomic E-state index is 0.197. The van der Waals surface area contributed by atoms with Gasteiger partial charge < -0.3 is 15.4 Å². The van der Waals surface area contributed by atoms with Gasteiger partial charge in [0.1, 0.15) is 11.6 Å². The minimum atomic E-state index is -0.423. The number of halogens is 2. The standard InChI is InChI=1S/C17H25F2N3O/c1-3-20-16(22-12-17(2)8-4-10-23-17)21-9-7-13-11-14(18)5-6-15(13)19/h5-6,11H,3-4,7-10,12H2,1-2H3,(H2,20,21,22). The number of ether oxygens (including phenoxy) is 1. The molecular weight excluding hydrogens is 300 g/mol. The summed E-state index contributed by atoms with van der Waals surface area (Å²) in [5, 5.41) is 6.30. The van der Waals surface area contributed by atoms with Gasteiger partial charge in [0.15, 0.2) is 5.96 Å². The molecule has 0 radical (unpaired) electrons. The normalized spacial score (nSPS) is 21.5. The van der Waals surface area contributed by atoms with Crippen molar-refractivity contribution in [3.63, 3.8) is 0 Å². The maximum Gasteiger partial charge on any atom is 0.191 e. The van der Waals surface area contributed by atoms with Crippen LogP contribution in [0, 0.1) is 11.6 Å². The van der Waals surface area contributed by atoms with E-state index in [0.29, 0.717) is 31.0 Å². The molecule has 128 valence electrons. The number of hydrogen-bond acceptors (Lipinski definition) is 2. The van der Waals surface area contributed by atoms with Crippen molar-refractivity contribution in [2.24, 2.45) is 4.99 Å². The van der Waals surface area contributed by atoms with Crippen LogP contribution in [0.25, 0.3) is 0 Å². The van der Waals surface area contributed by atoms with Crippen molar-refractivity contribution in [1.82, 2.24) is 10.6 Å². The molecule has 1 aliphatic rings. The summed E-state index contributed by atoms with van der Waals surface area (Å²) < 4.78 is 32.5. The molecule has 1 fully saturated rings. The van der Waals surface area contributed by atoms with Gasteiger partial charge in [-0.15, -0.1) is 0 Å². The molecule has 1 heterocycles. The van der Waals surface area contributed by atoms with Gasteiger partial charge in [-0.3, -0.25) is 4.99 Å². The van der Waals surface area contributed by atoms with E-state index in [1.54, 1.807) is 0 Å². The minimum Gasteiger partial charge on any atom is -0.373 e. The highest BCUT2D eigenvalue weighted by molar-refractivity contribution is 5.79. The second-order valence-electron chi connectivity index (χ2n) is 6.01. The summed E-state index contributed by atoms with van der Waals surface area (Å²) in [6, 6.07) is 3.51. The molecular formula is C17H25F2N3O. The van der Waals surface area contributed by atoms with Crippen LogP contribution in [0.2, 0.25) is 0 Å². The molecule has 0 spiro atoms. The summed E-state index contributed by atoms with van der Waals surface area (Å²) in [6.45, 7) is 6.62. The van der Waals surface area contributed by atoms with Crippen molar-refractivity contribution in [2.45, 2.75) is 38.7 Å². The third-order valence-electron chi connectivity index (χ3n) is 3.91. The molecule has 0 saturated carbocycles. The SMILES string of the molecule is CCNC(=NCC1(C)CCCO1)NCCc1cc(F)ccc1F. The molecule has 0 aromatic heterocycles. The lowest BCUT2D eigenvalue weighted by atomic mass is 10.0. The summed E-state index contributed by atoms with van der Waals surface area (Å²) in [6.07, 6.45) is 2.46. The summed E-state index contributed by atoms with van der Waals surface area (Å²) in [4.78, 5) is 4.54. The first-order valence-corrected chi connectivity index (χ1v) is 8.12. The molecule has 4 nitrogen and oxygen atoms in total. The van der Waals surface area contributed by atoms with Gasteiger partial charge in [0.05, 0.1) is 12.1 Å². The van der Waals surface area contributed by atoms with E-state index < -0.39 is 5.82 Å². The molecule has 0 bridgehead atoms. The van der Waals surface area contributed by atoms with Crippen molar-refractivity contribution >= 4 is 5.96 Å². The number of rotatable bonds is 6. The zero-order chi connectivity index (χ0) is 16.7. The van der Waals surface area contributed by atoms with E-state index in [2.05, 4.69) is 22.5 Å². The maximum atomic E-state index is 13.6. The van der Waals surface area contributed by atoms with Gasteiger partial charge in [0.25, 0.3) is 0 Å². The van der Waals surface area contributed by atoms with E-state index in [4.69, 9.17) is 4.74 Å². The van der Waals surface area contributed by atoms with Crippen molar-refractivity contribution in [3.8, 4) is 0 Å². The van der Waals surface area contributed by atoms with Gasteiger partial charge in [0.2, 0.25) is 0 Å². The molecule has 6 heteroatoms. The van der Waals surface area contributed by atoms with Gasteiger partial charge >= 0.3 is 0 Å². The zero-order valence-electron chi connectivity index (χ0n) is 13.8. The Labute approximate surface area is 136 Å². The Morgan fingerprint density at radius 2 is 2.17 bits per heavy atom. The number of aliphatic imine (C=N–C) groups is 1. The fraction of sp³-hybridized carbons (Fsp3) is 0.588. The van der Waals surface area contributed by atoms with Crippen LogP contribution in [0.4, 0.5) is 8.78 Å². The Kier molecular flexibility index (Phi) is 6.33. The smallest absolute Gasteiger partial charge is 0.191 e. The van der Waals surface area contributed by atoms with Crippen molar-refractivity contribution in [1.29, 1.82) is 0 Å². The Bertz CT molecular complexity index is 543. The van der Waals surface area contributed by atoms with E-state index >= 15 is 0 Å². The largest absolute Gasteiger partial charge is 0.373 e. The van der Waals surface area contributed by atoms with Crippen molar-refractivity contribution in [3.05, 3.63) is 35.4 Å². The molecule has 1 unspecified atom stereocenters. The first-order valence-electron chi connectivity index (χ1n) is 8.12. The van der Waals surface area contributed by atoms with Crippen LogP contribution in [0.5, 0.6) is 0 Å². The van der Waals surface area contributed by atoms with Gasteiger partial charge in [0, 0.05) is 19.7 Å². The van der Waals surface area contributed by atoms with E-state index in [1.165, 1.54) is 6.07 Å². The topological polar surface area (TPSA) is 45.7 Å². The number of nitrogens with one attached hydrogen (secondary N) is 2. The van der Waals surface area contributed by atoms with Crippen molar-refractivity contribution in [2.75, 3.05) is 26.2 Å². The average molecular weight is 325 g/mol. The molecule has 2 rings (SSSR count). The lowest BCUT2D eigenvalue weighted by molar-refractivity contribution is 0.0283. The molecule has 1 aliphatic heterocycles. The molecule has 1 aromatic carbocycles. The lowest BCUT2D eigenvalue weighted by Crippen LogP contribution is -2.40. The molecule has 2 N–H and O–H groups in total. The van der Waals surface area contributed by atoms with E-state index in [9.17, 15) is 8.78 Å². The maximum absolute atomic E-state index is 13.6. The van der Waals surface area contributed by atoms with Crippen molar-refractivity contribution < 1.29 is 13.5 Å². The number of guanidine groups is 1. The lowest BCUT2D eigenvalue weighted by Gasteiger charge is -2.21. The van der Waals surface area contributed by atoms with Crippen LogP contribution >= 0.6 is 0 Å². The summed E-state index contributed by atoms with van der Waals surface area (Å²) in [5.41, 5.74) is 0.163. The predicted octanol–water partition coefficient (Wildman–Crippen LogP) is 2.63. The van der Waals surface area contributed by atoms with Crippen LogP contribution in [0.1, 0.15) is 32.3 Å². The number of hydrogen-bond donors (Lipinski definition) is 2. The van der Waals surface area contributed by atoms with Gasteiger partial charge in [-0.25, -0.2) is 8.78 Å². The number of nitrogens with zero attached hydrogens (tertiary/aromatic N) is 1. The summed E-state index contributed by atoms with van der Waals surface area (Å²) in [5.74, 6) is -0.142.